The summed E-state index contributed by atoms with van der Waals surface area (Å²) < 4.78 is 0. The number of amides is 1. The maximum atomic E-state index is 11.8. The highest BCUT2D eigenvalue weighted by molar-refractivity contribution is 7.99. The molecule has 0 unspecified atom stereocenters. The second-order valence-corrected chi connectivity index (χ2v) is 6.95. The van der Waals surface area contributed by atoms with Crippen LogP contribution in [-0.2, 0) is 4.79 Å². The van der Waals surface area contributed by atoms with Crippen molar-refractivity contribution in [3.8, 4) is 0 Å². The first-order valence-corrected chi connectivity index (χ1v) is 8.28. The minimum atomic E-state index is -0.104. The fraction of sp³-hybridized carbons (Fsp3) is 0.154. The second-order valence-electron chi connectivity index (χ2n) is 4.32. The summed E-state index contributed by atoms with van der Waals surface area (Å²) >= 11 is 8.72. The van der Waals surface area contributed by atoms with E-state index in [1.54, 1.807) is 12.3 Å². The molecular formula is C13H11ClN4OS2. The van der Waals surface area contributed by atoms with Crippen LogP contribution < -0.4 is 5.32 Å². The number of aryl methyl sites for hydroxylation is 1. The highest BCUT2D eigenvalue weighted by Crippen LogP contribution is 2.22. The van der Waals surface area contributed by atoms with Crippen LogP contribution in [0.25, 0.3) is 11.0 Å². The summed E-state index contributed by atoms with van der Waals surface area (Å²) in [7, 11) is 0. The summed E-state index contributed by atoms with van der Waals surface area (Å²) in [6.45, 7) is 1.95. The van der Waals surface area contributed by atoms with Gasteiger partial charge in [-0.15, -0.1) is 11.3 Å². The Kier molecular flexibility index (Phi) is 4.14. The largest absolute Gasteiger partial charge is 0.333 e. The molecule has 108 valence electrons. The molecule has 0 atom stereocenters. The number of aromatic amines is 1. The van der Waals surface area contributed by atoms with Crippen molar-refractivity contribution in [1.82, 2.24) is 15.0 Å². The molecule has 0 saturated carbocycles. The highest BCUT2D eigenvalue weighted by Gasteiger charge is 2.09. The number of aromatic nitrogens is 3. The topological polar surface area (TPSA) is 70.7 Å². The van der Waals surface area contributed by atoms with Crippen molar-refractivity contribution >= 4 is 56.8 Å². The number of rotatable bonds is 4. The lowest BCUT2D eigenvalue weighted by molar-refractivity contribution is -0.113. The summed E-state index contributed by atoms with van der Waals surface area (Å²) in [6, 6.07) is 5.44. The normalized spacial score (nSPS) is 11.0. The van der Waals surface area contributed by atoms with Crippen LogP contribution in [0.2, 0.25) is 5.02 Å². The van der Waals surface area contributed by atoms with E-state index in [4.69, 9.17) is 11.6 Å². The van der Waals surface area contributed by atoms with Crippen LogP contribution >= 0.6 is 34.7 Å². The summed E-state index contributed by atoms with van der Waals surface area (Å²) in [5, 5.41) is 4.73. The molecule has 5 nitrogen and oxygen atoms in total. The van der Waals surface area contributed by atoms with Crippen LogP contribution in [0.4, 0.5) is 5.13 Å². The second kappa shape index (κ2) is 6.05. The van der Waals surface area contributed by atoms with Gasteiger partial charge in [0.1, 0.15) is 0 Å². The molecule has 0 fully saturated rings. The Hall–Kier alpha value is -1.57. The number of hydrogen-bond acceptors (Lipinski definition) is 5. The van der Waals surface area contributed by atoms with E-state index in [0.717, 1.165) is 15.9 Å². The SMILES string of the molecule is Cc1cnc(NC(=O)CSc2nc3ccc(Cl)cc3[nH]2)s1. The zero-order valence-corrected chi connectivity index (χ0v) is 13.4. The smallest absolute Gasteiger partial charge is 0.236 e. The highest BCUT2D eigenvalue weighted by atomic mass is 35.5. The number of benzene rings is 1. The molecule has 0 saturated heterocycles. The number of fused-ring (bicyclic) bond motifs is 1. The van der Waals surface area contributed by atoms with E-state index < -0.39 is 0 Å². The van der Waals surface area contributed by atoms with Crippen molar-refractivity contribution in [2.75, 3.05) is 11.1 Å². The first-order valence-electron chi connectivity index (χ1n) is 6.10. The first-order chi connectivity index (χ1) is 10.1. The third-order valence-electron chi connectivity index (χ3n) is 2.63. The Balaban J connectivity index is 1.61. The van der Waals surface area contributed by atoms with E-state index in [1.165, 1.54) is 23.1 Å². The molecule has 1 amide bonds. The minimum Gasteiger partial charge on any atom is -0.333 e. The molecule has 0 aliphatic rings. The van der Waals surface area contributed by atoms with Gasteiger partial charge in [0.05, 0.1) is 16.8 Å². The van der Waals surface area contributed by atoms with E-state index in [2.05, 4.69) is 20.3 Å². The van der Waals surface area contributed by atoms with E-state index in [9.17, 15) is 4.79 Å². The Morgan fingerprint density at radius 3 is 3.14 bits per heavy atom. The molecule has 2 aromatic heterocycles. The van der Waals surface area contributed by atoms with Gasteiger partial charge in [0, 0.05) is 16.1 Å². The lowest BCUT2D eigenvalue weighted by Crippen LogP contribution is -2.13. The number of halogens is 1. The Labute approximate surface area is 134 Å². The molecule has 2 heterocycles. The molecule has 3 aromatic rings. The van der Waals surface area contributed by atoms with E-state index in [1.807, 2.05) is 19.1 Å². The quantitative estimate of drug-likeness (QED) is 0.711. The van der Waals surface area contributed by atoms with E-state index in [0.29, 0.717) is 15.3 Å². The number of hydrogen-bond donors (Lipinski definition) is 2. The van der Waals surface area contributed by atoms with Gasteiger partial charge >= 0.3 is 0 Å². The molecular weight excluding hydrogens is 328 g/mol. The third-order valence-corrected chi connectivity index (χ3v) is 4.57. The number of nitrogens with one attached hydrogen (secondary N) is 2. The zero-order chi connectivity index (χ0) is 14.8. The van der Waals surface area contributed by atoms with Gasteiger partial charge in [-0.1, -0.05) is 23.4 Å². The fourth-order valence-electron chi connectivity index (χ4n) is 1.73. The van der Waals surface area contributed by atoms with E-state index >= 15 is 0 Å². The maximum Gasteiger partial charge on any atom is 0.236 e. The number of thiazole rings is 1. The van der Waals surface area contributed by atoms with Gasteiger partial charge in [0.15, 0.2) is 10.3 Å². The third kappa shape index (κ3) is 3.55. The van der Waals surface area contributed by atoms with E-state index in [-0.39, 0.29) is 11.7 Å². The van der Waals surface area contributed by atoms with Crippen LogP contribution in [0.1, 0.15) is 4.88 Å². The van der Waals surface area contributed by atoms with Crippen LogP contribution in [-0.4, -0.2) is 26.6 Å². The molecule has 0 spiro atoms. The van der Waals surface area contributed by atoms with Gasteiger partial charge in [0.25, 0.3) is 0 Å². The number of nitrogens with zero attached hydrogens (tertiary/aromatic N) is 2. The van der Waals surface area contributed by atoms with Gasteiger partial charge in [-0.25, -0.2) is 9.97 Å². The Bertz CT molecular complexity index is 798. The summed E-state index contributed by atoms with van der Waals surface area (Å²) in [5.74, 6) is 0.166. The Morgan fingerprint density at radius 1 is 1.52 bits per heavy atom. The van der Waals surface area contributed by atoms with Crippen molar-refractivity contribution in [3.05, 3.63) is 34.3 Å². The standard InChI is InChI=1S/C13H11ClN4OS2/c1-7-5-15-12(21-7)18-11(19)6-20-13-16-9-3-2-8(14)4-10(9)17-13/h2-5H,6H2,1H3,(H,16,17)(H,15,18,19). The summed E-state index contributed by atoms with van der Waals surface area (Å²) in [6.07, 6.45) is 1.73. The average molecular weight is 339 g/mol. The molecule has 3 rings (SSSR count). The molecule has 0 aliphatic heterocycles. The summed E-state index contributed by atoms with van der Waals surface area (Å²) in [4.78, 5) is 24.5. The monoisotopic (exact) mass is 338 g/mol. The van der Waals surface area contributed by atoms with Crippen LogP contribution in [0.15, 0.2) is 29.6 Å². The van der Waals surface area contributed by atoms with Gasteiger partial charge in [-0.05, 0) is 25.1 Å². The predicted octanol–water partition coefficient (Wildman–Crippen LogP) is 3.71. The van der Waals surface area contributed by atoms with Gasteiger partial charge in [-0.3, -0.25) is 4.79 Å². The number of anilines is 1. The van der Waals surface area contributed by atoms with Crippen LogP contribution in [0, 0.1) is 6.92 Å². The lowest BCUT2D eigenvalue weighted by Gasteiger charge is -1.99. The van der Waals surface area contributed by atoms with Crippen molar-refractivity contribution in [3.63, 3.8) is 0 Å². The number of H-pyrrole nitrogens is 1. The number of imidazole rings is 1. The summed E-state index contributed by atoms with van der Waals surface area (Å²) in [5.41, 5.74) is 1.69. The molecule has 0 bridgehead atoms. The van der Waals surface area contributed by atoms with Gasteiger partial charge in [0.2, 0.25) is 5.91 Å². The number of thioether (sulfide) groups is 1. The first kappa shape index (κ1) is 14.4. The Morgan fingerprint density at radius 2 is 2.38 bits per heavy atom. The van der Waals surface area contributed by atoms with Crippen molar-refractivity contribution < 1.29 is 4.79 Å². The zero-order valence-electron chi connectivity index (χ0n) is 11.0. The van der Waals surface area contributed by atoms with Crippen molar-refractivity contribution in [1.29, 1.82) is 0 Å². The molecule has 0 aliphatic carbocycles. The average Bonchev–Trinajstić information content (AvgIpc) is 3.02. The molecule has 1 aromatic carbocycles. The van der Waals surface area contributed by atoms with Crippen molar-refractivity contribution in [2.24, 2.45) is 0 Å². The van der Waals surface area contributed by atoms with Crippen LogP contribution in [0.5, 0.6) is 0 Å². The van der Waals surface area contributed by atoms with Crippen LogP contribution in [0.3, 0.4) is 0 Å². The number of carbonyl (C=O) groups is 1. The lowest BCUT2D eigenvalue weighted by atomic mass is 10.3. The predicted molar refractivity (Wildman–Crippen MR) is 87.3 cm³/mol. The maximum absolute atomic E-state index is 11.8. The van der Waals surface area contributed by atoms with Gasteiger partial charge in [-0.2, -0.15) is 0 Å². The minimum absolute atomic E-state index is 0.104. The molecule has 2 N–H and O–H groups in total. The molecule has 21 heavy (non-hydrogen) atoms. The van der Waals surface area contributed by atoms with Crippen molar-refractivity contribution in [2.45, 2.75) is 12.1 Å². The number of carbonyl (C=O) groups excluding carboxylic acids is 1. The fourth-order valence-corrected chi connectivity index (χ4v) is 3.27. The van der Waals surface area contributed by atoms with Gasteiger partial charge < -0.3 is 10.3 Å². The molecule has 8 heteroatoms. The molecule has 0 radical (unpaired) electrons.